The molecule has 11 nitrogen and oxygen atoms in total. The molecule has 0 radical (unpaired) electrons. The normalized spacial score (nSPS) is 14.1. The zero-order valence-electron chi connectivity index (χ0n) is 19.2. The van der Waals surface area contributed by atoms with Gasteiger partial charge in [-0.1, -0.05) is 42.5 Å². The van der Waals surface area contributed by atoms with Gasteiger partial charge in [0.2, 0.25) is 17.7 Å². The molecular weight excluding hydrogens is 456 g/mol. The number of carboxylic acid groups (broad SMARTS) is 1. The number of aliphatic carboxylic acids is 1. The van der Waals surface area contributed by atoms with Gasteiger partial charge in [0.1, 0.15) is 23.9 Å². The fraction of sp³-hybridized carbons (Fsp3) is 0.333. The molecular formula is C24H30N4O7. The van der Waals surface area contributed by atoms with Crippen molar-refractivity contribution in [1.29, 1.82) is 0 Å². The van der Waals surface area contributed by atoms with Crippen LogP contribution in [0.5, 0.6) is 5.75 Å². The summed E-state index contributed by atoms with van der Waals surface area (Å²) in [6, 6.07) is 10.2. The minimum Gasteiger partial charge on any atom is -0.508 e. The summed E-state index contributed by atoms with van der Waals surface area (Å²) in [4.78, 5) is 49.0. The van der Waals surface area contributed by atoms with E-state index in [1.165, 1.54) is 19.1 Å². The van der Waals surface area contributed by atoms with Crippen molar-refractivity contribution >= 4 is 23.7 Å². The smallest absolute Gasteiger partial charge is 0.325 e. The molecule has 2 aromatic carbocycles. The zero-order chi connectivity index (χ0) is 26.0. The third kappa shape index (κ3) is 8.72. The lowest BCUT2D eigenvalue weighted by atomic mass is 10.0. The van der Waals surface area contributed by atoms with Crippen molar-refractivity contribution in [2.24, 2.45) is 5.73 Å². The number of carbonyl (C=O) groups is 4. The van der Waals surface area contributed by atoms with E-state index in [1.54, 1.807) is 12.1 Å². The van der Waals surface area contributed by atoms with E-state index in [1.807, 2.05) is 30.3 Å². The molecule has 0 heterocycles. The van der Waals surface area contributed by atoms with Gasteiger partial charge in [-0.25, -0.2) is 0 Å². The maximum absolute atomic E-state index is 13.0. The standard InChI is InChI=1S/C24H30N4O7/c1-14(24(34)35)26-23(33)20(13-29)28-22(32)19(12-16-7-9-17(30)10-8-16)27-21(31)18(25)11-15-5-3-2-4-6-15/h2-10,14,18-20,29-30H,11-13,25H2,1H3,(H,26,33)(H,27,31)(H,28,32)(H,34,35). The lowest BCUT2D eigenvalue weighted by Gasteiger charge is -2.24. The summed E-state index contributed by atoms with van der Waals surface area (Å²) in [5.41, 5.74) is 7.47. The molecule has 3 amide bonds. The first-order valence-electron chi connectivity index (χ1n) is 10.9. The minimum atomic E-state index is -1.44. The Kier molecular flexibility index (Phi) is 10.2. The Morgan fingerprint density at radius 3 is 1.91 bits per heavy atom. The van der Waals surface area contributed by atoms with Gasteiger partial charge >= 0.3 is 5.97 Å². The molecule has 0 spiro atoms. The van der Waals surface area contributed by atoms with E-state index >= 15 is 0 Å². The van der Waals surface area contributed by atoms with Gasteiger partial charge in [-0.2, -0.15) is 0 Å². The Labute approximate surface area is 202 Å². The minimum absolute atomic E-state index is 0.00120. The molecule has 2 aromatic rings. The van der Waals surface area contributed by atoms with Crippen molar-refractivity contribution in [3.05, 3.63) is 65.7 Å². The third-order valence-corrected chi connectivity index (χ3v) is 5.19. The Morgan fingerprint density at radius 1 is 0.800 bits per heavy atom. The van der Waals surface area contributed by atoms with Crippen molar-refractivity contribution in [2.75, 3.05) is 6.61 Å². The maximum atomic E-state index is 13.0. The molecule has 0 aliphatic heterocycles. The van der Waals surface area contributed by atoms with Gasteiger partial charge in [-0.3, -0.25) is 19.2 Å². The van der Waals surface area contributed by atoms with Crippen LogP contribution in [0.25, 0.3) is 0 Å². The topological polar surface area (TPSA) is 191 Å². The van der Waals surface area contributed by atoms with Crippen LogP contribution in [-0.4, -0.2) is 69.8 Å². The van der Waals surface area contributed by atoms with Crippen molar-refractivity contribution in [3.8, 4) is 5.75 Å². The average molecular weight is 487 g/mol. The number of aliphatic hydroxyl groups is 1. The fourth-order valence-electron chi connectivity index (χ4n) is 3.16. The molecule has 35 heavy (non-hydrogen) atoms. The largest absolute Gasteiger partial charge is 0.508 e. The van der Waals surface area contributed by atoms with Crippen LogP contribution in [-0.2, 0) is 32.0 Å². The summed E-state index contributed by atoms with van der Waals surface area (Å²) in [5.74, 6) is -3.54. The van der Waals surface area contributed by atoms with Crippen molar-refractivity contribution < 1.29 is 34.5 Å². The van der Waals surface area contributed by atoms with Crippen LogP contribution < -0.4 is 21.7 Å². The molecule has 4 unspecified atom stereocenters. The molecule has 0 aromatic heterocycles. The number of hydrogen-bond donors (Lipinski definition) is 7. The van der Waals surface area contributed by atoms with Crippen LogP contribution in [0.3, 0.4) is 0 Å². The third-order valence-electron chi connectivity index (χ3n) is 5.19. The lowest BCUT2D eigenvalue weighted by Crippen LogP contribution is -2.58. The van der Waals surface area contributed by atoms with Crippen molar-refractivity contribution in [2.45, 2.75) is 43.9 Å². The van der Waals surface area contributed by atoms with Crippen LogP contribution >= 0.6 is 0 Å². The average Bonchev–Trinajstić information content (AvgIpc) is 2.83. The number of nitrogens with two attached hydrogens (primary N) is 1. The van der Waals surface area contributed by atoms with Gasteiger partial charge in [0.05, 0.1) is 12.6 Å². The number of amides is 3. The van der Waals surface area contributed by atoms with E-state index in [9.17, 15) is 29.4 Å². The first kappa shape index (κ1) is 27.3. The van der Waals surface area contributed by atoms with E-state index in [0.717, 1.165) is 5.56 Å². The molecule has 188 valence electrons. The van der Waals surface area contributed by atoms with Crippen LogP contribution in [0.1, 0.15) is 18.1 Å². The van der Waals surface area contributed by atoms with E-state index in [-0.39, 0.29) is 18.6 Å². The van der Waals surface area contributed by atoms with E-state index in [0.29, 0.717) is 5.56 Å². The van der Waals surface area contributed by atoms with Crippen LogP contribution in [0, 0.1) is 0 Å². The summed E-state index contributed by atoms with van der Waals surface area (Å²) >= 11 is 0. The quantitative estimate of drug-likeness (QED) is 0.200. The molecule has 0 bridgehead atoms. The summed E-state index contributed by atoms with van der Waals surface area (Å²) in [5, 5.41) is 35.1. The Bertz CT molecular complexity index is 1010. The highest BCUT2D eigenvalue weighted by Crippen LogP contribution is 2.12. The molecule has 2 rings (SSSR count). The highest BCUT2D eigenvalue weighted by atomic mass is 16.4. The summed E-state index contributed by atoms with van der Waals surface area (Å²) in [6.45, 7) is 0.440. The SMILES string of the molecule is CC(NC(=O)C(CO)NC(=O)C(Cc1ccc(O)cc1)NC(=O)C(N)Cc1ccccc1)C(=O)O. The van der Waals surface area contributed by atoms with Crippen LogP contribution in [0.4, 0.5) is 0 Å². The van der Waals surface area contributed by atoms with Gasteiger partial charge in [0.15, 0.2) is 0 Å². The summed E-state index contributed by atoms with van der Waals surface area (Å²) < 4.78 is 0. The van der Waals surface area contributed by atoms with E-state index in [2.05, 4.69) is 16.0 Å². The molecule has 0 saturated carbocycles. The van der Waals surface area contributed by atoms with Gasteiger partial charge in [-0.15, -0.1) is 0 Å². The summed E-state index contributed by atoms with van der Waals surface area (Å²) in [6.07, 6.45) is 0.232. The highest BCUT2D eigenvalue weighted by molar-refractivity contribution is 5.94. The zero-order valence-corrected chi connectivity index (χ0v) is 19.2. The molecule has 11 heteroatoms. The predicted octanol–water partition coefficient (Wildman–Crippen LogP) is -0.944. The second-order valence-electron chi connectivity index (χ2n) is 8.04. The van der Waals surface area contributed by atoms with Gasteiger partial charge in [0.25, 0.3) is 0 Å². The first-order chi connectivity index (χ1) is 16.6. The molecule has 8 N–H and O–H groups in total. The van der Waals surface area contributed by atoms with E-state index < -0.39 is 54.5 Å². The number of carboxylic acids is 1. The predicted molar refractivity (Wildman–Crippen MR) is 126 cm³/mol. The molecule has 0 aliphatic rings. The van der Waals surface area contributed by atoms with Gasteiger partial charge in [0, 0.05) is 6.42 Å². The number of hydrogen-bond acceptors (Lipinski definition) is 7. The number of aliphatic hydroxyl groups excluding tert-OH is 1. The first-order valence-corrected chi connectivity index (χ1v) is 10.9. The number of nitrogens with one attached hydrogen (secondary N) is 3. The monoisotopic (exact) mass is 486 g/mol. The summed E-state index contributed by atoms with van der Waals surface area (Å²) in [7, 11) is 0. The van der Waals surface area contributed by atoms with Crippen molar-refractivity contribution in [1.82, 2.24) is 16.0 Å². The Balaban J connectivity index is 2.14. The van der Waals surface area contributed by atoms with E-state index in [4.69, 9.17) is 10.8 Å². The van der Waals surface area contributed by atoms with Gasteiger partial charge in [-0.05, 0) is 36.6 Å². The molecule has 0 saturated heterocycles. The highest BCUT2D eigenvalue weighted by Gasteiger charge is 2.29. The maximum Gasteiger partial charge on any atom is 0.325 e. The molecule has 0 fully saturated rings. The number of carbonyl (C=O) groups excluding carboxylic acids is 3. The second-order valence-corrected chi connectivity index (χ2v) is 8.04. The fourth-order valence-corrected chi connectivity index (χ4v) is 3.16. The number of benzene rings is 2. The number of rotatable bonds is 12. The molecule has 0 aliphatic carbocycles. The number of aromatic hydroxyl groups is 1. The van der Waals surface area contributed by atoms with Crippen molar-refractivity contribution in [3.63, 3.8) is 0 Å². The Morgan fingerprint density at radius 2 is 1.34 bits per heavy atom. The number of phenolic OH excluding ortho intramolecular Hbond substituents is 1. The second kappa shape index (κ2) is 13.1. The lowest BCUT2D eigenvalue weighted by molar-refractivity contribution is -0.142. The molecule has 4 atom stereocenters. The Hall–Kier alpha value is -3.96. The van der Waals surface area contributed by atoms with Crippen LogP contribution in [0.2, 0.25) is 0 Å². The van der Waals surface area contributed by atoms with Crippen LogP contribution in [0.15, 0.2) is 54.6 Å². The van der Waals surface area contributed by atoms with Gasteiger partial charge < -0.3 is 37.0 Å². The number of phenols is 1.